The minimum atomic E-state index is -0.206. The molecule has 0 N–H and O–H groups in total. The molecule has 4 nitrogen and oxygen atoms in total. The number of pyridine rings is 1. The van der Waals surface area contributed by atoms with Crippen molar-refractivity contribution >= 4 is 49.8 Å². The van der Waals surface area contributed by atoms with E-state index >= 15 is 0 Å². The van der Waals surface area contributed by atoms with Crippen LogP contribution in [0.5, 0.6) is 0 Å². The summed E-state index contributed by atoms with van der Waals surface area (Å²) in [4.78, 5) is 6.93. The Morgan fingerprint density at radius 1 is 0.366 bits per heavy atom. The molecule has 0 amide bonds. The predicted molar refractivity (Wildman–Crippen MR) is 296 cm³/mol. The second-order valence-electron chi connectivity index (χ2n) is 20.4. The zero-order chi connectivity index (χ0) is 47.6. The molecule has 0 fully saturated rings. The summed E-state index contributed by atoms with van der Waals surface area (Å²) in [6.45, 7) is 9.51. The standard InChI is InChI=1S/C67H50N4/c1-66(2)58-23-13-11-21-52(58)53-35-34-51(39-60(53)66)69(48-28-25-44(26-29-48)43-16-7-5-8-17-43)49-30-32-50(33-31-49)70-61-36-27-45(46-18-15-37-68-42-46)38-55(61)56-40-63-57(41-62(56)70)64-65(71(63)47-19-9-6-10-20-47)54-22-12-14-24-59(54)67(64,3)4/h5-42H,1-4H3. The fourth-order valence-electron chi connectivity index (χ4n) is 12.4. The third kappa shape index (κ3) is 6.14. The molecule has 0 unspecified atom stereocenters. The number of nitrogens with zero attached hydrogens (tertiary/aromatic N) is 4. The van der Waals surface area contributed by atoms with Crippen molar-refractivity contribution in [1.29, 1.82) is 0 Å². The molecule has 0 bridgehead atoms. The second kappa shape index (κ2) is 15.4. The summed E-state index contributed by atoms with van der Waals surface area (Å²) < 4.78 is 5.00. The molecule has 0 spiro atoms. The Morgan fingerprint density at radius 2 is 0.915 bits per heavy atom. The van der Waals surface area contributed by atoms with E-state index in [9.17, 15) is 0 Å². The number of aromatic nitrogens is 3. The molecule has 2 aliphatic carbocycles. The zero-order valence-corrected chi connectivity index (χ0v) is 40.2. The Balaban J connectivity index is 0.976. The molecule has 9 aromatic carbocycles. The van der Waals surface area contributed by atoms with Gasteiger partial charge >= 0.3 is 0 Å². The lowest BCUT2D eigenvalue weighted by Crippen LogP contribution is -2.16. The first-order valence-corrected chi connectivity index (χ1v) is 24.8. The van der Waals surface area contributed by atoms with Crippen molar-refractivity contribution < 1.29 is 0 Å². The van der Waals surface area contributed by atoms with E-state index in [0.29, 0.717) is 0 Å². The highest BCUT2D eigenvalue weighted by Gasteiger charge is 2.41. The van der Waals surface area contributed by atoms with E-state index in [2.05, 4.69) is 259 Å². The summed E-state index contributed by atoms with van der Waals surface area (Å²) in [7, 11) is 0. The van der Waals surface area contributed by atoms with Crippen LogP contribution in [0, 0.1) is 0 Å². The van der Waals surface area contributed by atoms with Crippen molar-refractivity contribution in [2.45, 2.75) is 38.5 Å². The predicted octanol–water partition coefficient (Wildman–Crippen LogP) is 17.5. The van der Waals surface area contributed by atoms with Crippen LogP contribution in [0.1, 0.15) is 49.9 Å². The van der Waals surface area contributed by atoms with Crippen LogP contribution in [0.2, 0.25) is 0 Å². The smallest absolute Gasteiger partial charge is 0.0585 e. The second-order valence-corrected chi connectivity index (χ2v) is 20.4. The maximum absolute atomic E-state index is 4.51. The lowest BCUT2D eigenvalue weighted by atomic mass is 9.81. The van der Waals surface area contributed by atoms with E-state index in [1.807, 2.05) is 18.5 Å². The molecule has 14 rings (SSSR count). The van der Waals surface area contributed by atoms with Crippen LogP contribution in [0.15, 0.2) is 231 Å². The van der Waals surface area contributed by atoms with Crippen molar-refractivity contribution in [3.8, 4) is 56.0 Å². The molecule has 3 heterocycles. The summed E-state index contributed by atoms with van der Waals surface area (Å²) in [6, 6.07) is 80.8. The molecule has 0 aliphatic heterocycles. The molecule has 3 aromatic heterocycles. The lowest BCUT2D eigenvalue weighted by Gasteiger charge is -2.28. The van der Waals surface area contributed by atoms with E-state index in [1.165, 1.54) is 83.0 Å². The van der Waals surface area contributed by atoms with Gasteiger partial charge in [-0.3, -0.25) is 4.98 Å². The van der Waals surface area contributed by atoms with E-state index in [1.54, 1.807) is 0 Å². The molecule has 71 heavy (non-hydrogen) atoms. The quantitative estimate of drug-likeness (QED) is 0.159. The molecule has 338 valence electrons. The Labute approximate surface area is 414 Å². The highest BCUT2D eigenvalue weighted by molar-refractivity contribution is 6.16. The minimum absolute atomic E-state index is 0.131. The average molecular weight is 911 g/mol. The average Bonchev–Trinajstić information content (AvgIpc) is 4.08. The number of anilines is 3. The van der Waals surface area contributed by atoms with Gasteiger partial charge in [0.1, 0.15) is 0 Å². The Kier molecular flexibility index (Phi) is 8.94. The first-order chi connectivity index (χ1) is 34.7. The van der Waals surface area contributed by atoms with Crippen LogP contribution in [0.4, 0.5) is 17.1 Å². The summed E-state index contributed by atoms with van der Waals surface area (Å²) in [6.07, 6.45) is 3.81. The van der Waals surface area contributed by atoms with Crippen LogP contribution in [-0.2, 0) is 10.8 Å². The van der Waals surface area contributed by atoms with Gasteiger partial charge in [-0.25, -0.2) is 0 Å². The van der Waals surface area contributed by atoms with Crippen LogP contribution in [0.3, 0.4) is 0 Å². The summed E-state index contributed by atoms with van der Waals surface area (Å²) in [5.74, 6) is 0. The topological polar surface area (TPSA) is 26.0 Å². The SMILES string of the molecule is CC1(C)c2ccccc2-c2ccc(N(c3ccc(-c4ccccc4)cc3)c3ccc(-n4c5ccc(-c6cccnc6)cc5c5cc6c(cc54)c4c(n6-c5ccccc5)-c5ccccc5C4(C)C)cc3)cc21. The van der Waals surface area contributed by atoms with Gasteiger partial charge in [0.2, 0.25) is 0 Å². The minimum Gasteiger partial charge on any atom is -0.310 e. The van der Waals surface area contributed by atoms with E-state index in [0.717, 1.165) is 45.1 Å². The van der Waals surface area contributed by atoms with Gasteiger partial charge in [0.05, 0.1) is 22.2 Å². The van der Waals surface area contributed by atoms with E-state index in [4.69, 9.17) is 0 Å². The first kappa shape index (κ1) is 41.3. The molecular weight excluding hydrogens is 861 g/mol. The number of hydrogen-bond donors (Lipinski definition) is 0. The summed E-state index contributed by atoms with van der Waals surface area (Å²) in [5, 5.41) is 3.69. The molecular formula is C67H50N4. The van der Waals surface area contributed by atoms with Crippen molar-refractivity contribution in [3.05, 3.63) is 253 Å². The van der Waals surface area contributed by atoms with Crippen LogP contribution < -0.4 is 4.90 Å². The molecule has 0 saturated heterocycles. The van der Waals surface area contributed by atoms with Gasteiger partial charge in [-0.2, -0.15) is 0 Å². The lowest BCUT2D eigenvalue weighted by molar-refractivity contribution is 0.660. The Bertz CT molecular complexity index is 4060. The number of hydrogen-bond acceptors (Lipinski definition) is 2. The van der Waals surface area contributed by atoms with Gasteiger partial charge in [-0.05, 0) is 141 Å². The number of rotatable bonds is 7. The van der Waals surface area contributed by atoms with Crippen LogP contribution in [-0.4, -0.2) is 14.1 Å². The van der Waals surface area contributed by atoms with Gasteiger partial charge in [-0.15, -0.1) is 0 Å². The fraction of sp³-hybridized carbons (Fsp3) is 0.0896. The highest BCUT2D eigenvalue weighted by atomic mass is 15.1. The highest BCUT2D eigenvalue weighted by Crippen LogP contribution is 2.55. The Morgan fingerprint density at radius 3 is 1.65 bits per heavy atom. The van der Waals surface area contributed by atoms with Gasteiger partial charge in [0, 0.05) is 78.9 Å². The molecule has 0 atom stereocenters. The van der Waals surface area contributed by atoms with Crippen molar-refractivity contribution in [3.63, 3.8) is 0 Å². The number of para-hydroxylation sites is 1. The molecule has 4 heteroatoms. The van der Waals surface area contributed by atoms with Gasteiger partial charge in [-0.1, -0.05) is 155 Å². The van der Waals surface area contributed by atoms with Gasteiger partial charge in [0.15, 0.2) is 0 Å². The zero-order valence-electron chi connectivity index (χ0n) is 40.2. The van der Waals surface area contributed by atoms with Gasteiger partial charge in [0.25, 0.3) is 0 Å². The number of benzene rings is 9. The molecule has 12 aromatic rings. The van der Waals surface area contributed by atoms with Crippen molar-refractivity contribution in [1.82, 2.24) is 14.1 Å². The number of fused-ring (bicyclic) bond motifs is 11. The van der Waals surface area contributed by atoms with Crippen LogP contribution >= 0.6 is 0 Å². The third-order valence-electron chi connectivity index (χ3n) is 15.8. The third-order valence-corrected chi connectivity index (χ3v) is 15.8. The van der Waals surface area contributed by atoms with E-state index < -0.39 is 0 Å². The maximum atomic E-state index is 4.51. The van der Waals surface area contributed by atoms with E-state index in [-0.39, 0.29) is 10.8 Å². The van der Waals surface area contributed by atoms with Crippen molar-refractivity contribution in [2.24, 2.45) is 0 Å². The monoisotopic (exact) mass is 910 g/mol. The molecule has 0 radical (unpaired) electrons. The van der Waals surface area contributed by atoms with Crippen molar-refractivity contribution in [2.75, 3.05) is 4.90 Å². The summed E-state index contributed by atoms with van der Waals surface area (Å²) >= 11 is 0. The summed E-state index contributed by atoms with van der Waals surface area (Å²) in [5.41, 5.74) is 24.1. The molecule has 2 aliphatic rings. The normalized spacial score (nSPS) is 13.9. The van der Waals surface area contributed by atoms with Gasteiger partial charge < -0.3 is 14.0 Å². The fourth-order valence-corrected chi connectivity index (χ4v) is 12.4. The largest absolute Gasteiger partial charge is 0.310 e. The maximum Gasteiger partial charge on any atom is 0.0585 e. The molecule has 0 saturated carbocycles. The van der Waals surface area contributed by atoms with Crippen LogP contribution in [0.25, 0.3) is 88.7 Å². The first-order valence-electron chi connectivity index (χ1n) is 24.8. The Hall–Kier alpha value is -8.73.